The van der Waals surface area contributed by atoms with Crippen LogP contribution < -0.4 is 16.7 Å². The summed E-state index contributed by atoms with van der Waals surface area (Å²) in [6.07, 6.45) is 0.669. The van der Waals surface area contributed by atoms with Gasteiger partial charge in [-0.3, -0.25) is 19.9 Å². The summed E-state index contributed by atoms with van der Waals surface area (Å²) in [6.45, 7) is 0.956. The van der Waals surface area contributed by atoms with Gasteiger partial charge in [0.2, 0.25) is 0 Å². The van der Waals surface area contributed by atoms with Gasteiger partial charge in [0.15, 0.2) is 0 Å². The quantitative estimate of drug-likeness (QED) is 0.521. The molecule has 4 N–H and O–H groups in total. The third-order valence-corrected chi connectivity index (χ3v) is 2.60. The Kier molecular flexibility index (Phi) is 3.40. The Morgan fingerprint density at radius 2 is 2.22 bits per heavy atom. The number of benzene rings is 1. The molecular weight excluding hydrogens is 238 g/mol. The number of hydrogen-bond donors (Lipinski definition) is 3. The zero-order valence-corrected chi connectivity index (χ0v) is 9.55. The van der Waals surface area contributed by atoms with Crippen molar-refractivity contribution in [1.29, 1.82) is 0 Å². The second-order valence-electron chi connectivity index (χ2n) is 3.82. The summed E-state index contributed by atoms with van der Waals surface area (Å²) in [4.78, 5) is 22.1. The fourth-order valence-electron chi connectivity index (χ4n) is 1.67. The van der Waals surface area contributed by atoms with Crippen molar-refractivity contribution in [2.45, 2.75) is 6.42 Å². The third-order valence-electron chi connectivity index (χ3n) is 2.60. The monoisotopic (exact) mass is 251 g/mol. The van der Waals surface area contributed by atoms with Crippen molar-refractivity contribution in [3.63, 3.8) is 0 Å². The van der Waals surface area contributed by atoms with Crippen LogP contribution >= 0.6 is 0 Å². The van der Waals surface area contributed by atoms with Crippen molar-refractivity contribution in [1.82, 2.24) is 10.5 Å². The maximum absolute atomic E-state index is 12.0. The van der Waals surface area contributed by atoms with Crippen molar-refractivity contribution in [3.8, 4) is 0 Å². The first-order chi connectivity index (χ1) is 8.63. The highest BCUT2D eigenvalue weighted by atomic mass is 16.6. The molecule has 0 aliphatic carbocycles. The van der Waals surface area contributed by atoms with Gasteiger partial charge in [-0.1, -0.05) is 0 Å². The maximum atomic E-state index is 12.0. The van der Waals surface area contributed by atoms with E-state index in [2.05, 4.69) is 11.0 Å². The van der Waals surface area contributed by atoms with Gasteiger partial charge in [0.25, 0.3) is 11.6 Å². The minimum absolute atomic E-state index is 0.0636. The minimum atomic E-state index is -0.507. The lowest BCUT2D eigenvalue weighted by Gasteiger charge is -2.29. The fraction of sp³-hybridized carbons (Fsp3) is 0.300. The molecule has 0 spiro atoms. The number of anilines is 1. The Morgan fingerprint density at radius 1 is 1.44 bits per heavy atom. The Balaban J connectivity index is 2.23. The maximum Gasteiger partial charge on any atom is 0.271 e. The summed E-state index contributed by atoms with van der Waals surface area (Å²) in [6, 6.07) is 4.07. The SMILES string of the molecule is NCCCN1NNc2cc([N+](=O)[O-])ccc2C1=O. The molecule has 1 aromatic rings. The molecule has 1 aromatic carbocycles. The van der Waals surface area contributed by atoms with E-state index in [9.17, 15) is 14.9 Å². The van der Waals surface area contributed by atoms with Gasteiger partial charge in [0, 0.05) is 18.7 Å². The van der Waals surface area contributed by atoms with Crippen LogP contribution in [0.5, 0.6) is 0 Å². The third kappa shape index (κ3) is 2.24. The van der Waals surface area contributed by atoms with Crippen LogP contribution in [0.4, 0.5) is 11.4 Å². The fourth-order valence-corrected chi connectivity index (χ4v) is 1.67. The molecule has 0 atom stereocenters. The van der Waals surface area contributed by atoms with Crippen molar-refractivity contribution < 1.29 is 9.72 Å². The molecule has 0 aromatic heterocycles. The van der Waals surface area contributed by atoms with Crippen LogP contribution in [0, 0.1) is 10.1 Å². The van der Waals surface area contributed by atoms with Crippen LogP contribution in [-0.4, -0.2) is 28.9 Å². The molecule has 8 heteroatoms. The molecule has 0 radical (unpaired) electrons. The zero-order chi connectivity index (χ0) is 13.1. The standard InChI is InChI=1S/C10H13N5O3/c11-4-1-5-14-10(16)8-3-2-7(15(17)18)6-9(8)12-13-14/h2-3,6,12-13H,1,4-5,11H2. The van der Waals surface area contributed by atoms with E-state index in [1.807, 2.05) is 0 Å². The molecule has 0 saturated carbocycles. The lowest BCUT2D eigenvalue weighted by molar-refractivity contribution is -0.384. The van der Waals surface area contributed by atoms with Crippen LogP contribution in [0.15, 0.2) is 18.2 Å². The first kappa shape index (κ1) is 12.3. The van der Waals surface area contributed by atoms with Crippen molar-refractivity contribution in [2.75, 3.05) is 18.5 Å². The van der Waals surface area contributed by atoms with E-state index in [0.717, 1.165) is 0 Å². The van der Waals surface area contributed by atoms with Crippen molar-refractivity contribution in [2.24, 2.45) is 5.73 Å². The van der Waals surface area contributed by atoms with Crippen LogP contribution in [0.1, 0.15) is 16.8 Å². The van der Waals surface area contributed by atoms with E-state index >= 15 is 0 Å². The van der Waals surface area contributed by atoms with Gasteiger partial charge in [-0.05, 0) is 19.0 Å². The molecule has 18 heavy (non-hydrogen) atoms. The van der Waals surface area contributed by atoms with Gasteiger partial charge in [0.05, 0.1) is 16.2 Å². The molecule has 1 aliphatic heterocycles. The van der Waals surface area contributed by atoms with Gasteiger partial charge in [-0.15, -0.1) is 5.53 Å². The summed E-state index contributed by atoms with van der Waals surface area (Å²) in [5, 5.41) is 12.0. The summed E-state index contributed by atoms with van der Waals surface area (Å²) < 4.78 is 0. The summed E-state index contributed by atoms with van der Waals surface area (Å²) in [7, 11) is 0. The molecule has 96 valence electrons. The van der Waals surface area contributed by atoms with E-state index in [0.29, 0.717) is 30.8 Å². The molecule has 1 heterocycles. The van der Waals surface area contributed by atoms with Gasteiger partial charge in [0.1, 0.15) is 0 Å². The molecule has 0 unspecified atom stereocenters. The molecule has 1 amide bonds. The largest absolute Gasteiger partial charge is 0.330 e. The van der Waals surface area contributed by atoms with Crippen LogP contribution in [-0.2, 0) is 0 Å². The zero-order valence-electron chi connectivity index (χ0n) is 9.55. The van der Waals surface area contributed by atoms with E-state index in [4.69, 9.17) is 5.73 Å². The number of carbonyl (C=O) groups is 1. The number of fused-ring (bicyclic) bond motifs is 1. The number of nitro groups is 1. The number of non-ortho nitro benzene ring substituents is 1. The number of nitrogens with zero attached hydrogens (tertiary/aromatic N) is 2. The highest BCUT2D eigenvalue weighted by Gasteiger charge is 2.25. The number of rotatable bonds is 4. The molecule has 2 rings (SSSR count). The molecule has 0 saturated heterocycles. The average molecular weight is 251 g/mol. The summed E-state index contributed by atoms with van der Waals surface area (Å²) >= 11 is 0. The van der Waals surface area contributed by atoms with Gasteiger partial charge in [-0.25, -0.2) is 0 Å². The predicted octanol–water partition coefficient (Wildman–Crippen LogP) is 0.231. The molecule has 0 bridgehead atoms. The van der Waals surface area contributed by atoms with Crippen LogP contribution in [0.2, 0.25) is 0 Å². The Morgan fingerprint density at radius 3 is 2.89 bits per heavy atom. The Labute approximate surface area is 103 Å². The summed E-state index contributed by atoms with van der Waals surface area (Å²) in [5.74, 6) is -0.230. The van der Waals surface area contributed by atoms with Crippen molar-refractivity contribution in [3.05, 3.63) is 33.9 Å². The topological polar surface area (TPSA) is 114 Å². The normalized spacial score (nSPS) is 14.1. The Bertz CT molecular complexity index is 490. The number of carbonyl (C=O) groups excluding carboxylic acids is 1. The highest BCUT2D eigenvalue weighted by Crippen LogP contribution is 2.25. The van der Waals surface area contributed by atoms with Crippen LogP contribution in [0.25, 0.3) is 0 Å². The molecule has 0 fully saturated rings. The average Bonchev–Trinajstić information content (AvgIpc) is 2.37. The first-order valence-corrected chi connectivity index (χ1v) is 5.45. The number of hydrogen-bond acceptors (Lipinski definition) is 6. The lowest BCUT2D eigenvalue weighted by Crippen LogP contribution is -2.50. The van der Waals surface area contributed by atoms with E-state index in [1.54, 1.807) is 0 Å². The van der Waals surface area contributed by atoms with E-state index in [1.165, 1.54) is 23.2 Å². The Hall–Kier alpha value is -2.19. The highest BCUT2D eigenvalue weighted by molar-refractivity contribution is 6.01. The number of nitrogens with two attached hydrogens (primary N) is 1. The number of amides is 1. The van der Waals surface area contributed by atoms with E-state index in [-0.39, 0.29) is 11.6 Å². The van der Waals surface area contributed by atoms with Gasteiger partial charge in [-0.2, -0.15) is 0 Å². The smallest absolute Gasteiger partial charge is 0.271 e. The second kappa shape index (κ2) is 4.98. The lowest BCUT2D eigenvalue weighted by atomic mass is 10.1. The van der Waals surface area contributed by atoms with E-state index < -0.39 is 4.92 Å². The van der Waals surface area contributed by atoms with Crippen LogP contribution in [0.3, 0.4) is 0 Å². The van der Waals surface area contributed by atoms with Gasteiger partial charge < -0.3 is 11.2 Å². The van der Waals surface area contributed by atoms with Crippen molar-refractivity contribution >= 4 is 17.3 Å². The minimum Gasteiger partial charge on any atom is -0.330 e. The number of nitro benzene ring substituents is 1. The molecular formula is C10H13N5O3. The van der Waals surface area contributed by atoms with Gasteiger partial charge >= 0.3 is 0 Å². The predicted molar refractivity (Wildman–Crippen MR) is 64.6 cm³/mol. The number of nitrogens with one attached hydrogen (secondary N) is 2. The summed E-state index contributed by atoms with van der Waals surface area (Å²) in [5.41, 5.74) is 11.6. The first-order valence-electron chi connectivity index (χ1n) is 5.45. The number of hydrazine groups is 2. The second-order valence-corrected chi connectivity index (χ2v) is 3.82. The molecule has 1 aliphatic rings. The molecule has 8 nitrogen and oxygen atoms in total.